The summed E-state index contributed by atoms with van der Waals surface area (Å²) in [6, 6.07) is 14.8. The van der Waals surface area contributed by atoms with E-state index < -0.39 is 0 Å². The minimum atomic E-state index is -0.225. The molecule has 0 unspecified atom stereocenters. The molecule has 2 rings (SSSR count). The Morgan fingerprint density at radius 3 is 2.68 bits per heavy atom. The van der Waals surface area contributed by atoms with Crippen molar-refractivity contribution in [1.29, 1.82) is 0 Å². The van der Waals surface area contributed by atoms with Gasteiger partial charge in [-0.15, -0.1) is 0 Å². The maximum absolute atomic E-state index is 11.9. The number of nitrogens with one attached hydrogen (secondary N) is 1. The van der Waals surface area contributed by atoms with Gasteiger partial charge in [-0.25, -0.2) is 0 Å². The van der Waals surface area contributed by atoms with E-state index in [0.717, 1.165) is 5.56 Å². The quantitative estimate of drug-likeness (QED) is 0.805. The molecule has 0 saturated heterocycles. The average Bonchev–Trinajstić information content (AvgIpc) is 2.55. The zero-order valence-corrected chi connectivity index (χ0v) is 12.5. The van der Waals surface area contributed by atoms with Crippen molar-refractivity contribution in [3.8, 4) is 5.75 Å². The van der Waals surface area contributed by atoms with Crippen molar-refractivity contribution in [3.05, 3.63) is 65.7 Å². The van der Waals surface area contributed by atoms with Crippen LogP contribution in [0.5, 0.6) is 5.75 Å². The molecule has 2 aromatic carbocycles. The molecule has 0 heterocycles. The summed E-state index contributed by atoms with van der Waals surface area (Å²) in [6.07, 6.45) is 3.22. The molecule has 0 radical (unpaired) electrons. The molecular formula is C18H19NO3. The summed E-state index contributed by atoms with van der Waals surface area (Å²) in [5.74, 6) is 0.403. The average molecular weight is 297 g/mol. The first-order valence-corrected chi connectivity index (χ1v) is 7.13. The molecular weight excluding hydrogens is 278 g/mol. The Kier molecular flexibility index (Phi) is 5.74. The number of benzene rings is 2. The van der Waals surface area contributed by atoms with E-state index >= 15 is 0 Å². The van der Waals surface area contributed by atoms with Crippen LogP contribution in [0.25, 0.3) is 6.08 Å². The number of amides is 1. The summed E-state index contributed by atoms with van der Waals surface area (Å²) in [7, 11) is 0. The number of aliphatic hydroxyl groups is 1. The minimum Gasteiger partial charge on any atom is -0.494 e. The molecule has 2 N–H and O–H groups in total. The highest BCUT2D eigenvalue weighted by Crippen LogP contribution is 2.23. The second-order valence-electron chi connectivity index (χ2n) is 4.65. The SMILES string of the molecule is CCOc1ccc(NC(=O)/C=C/c2ccccc2)cc1CO. The van der Waals surface area contributed by atoms with Crippen LogP contribution in [-0.2, 0) is 11.4 Å². The van der Waals surface area contributed by atoms with Crippen molar-refractivity contribution in [3.63, 3.8) is 0 Å². The number of ether oxygens (including phenoxy) is 1. The van der Waals surface area contributed by atoms with Gasteiger partial charge in [0.25, 0.3) is 0 Å². The van der Waals surface area contributed by atoms with Gasteiger partial charge < -0.3 is 15.2 Å². The molecule has 0 saturated carbocycles. The summed E-state index contributed by atoms with van der Waals surface area (Å²) >= 11 is 0. The van der Waals surface area contributed by atoms with E-state index in [2.05, 4.69) is 5.32 Å². The van der Waals surface area contributed by atoms with Crippen LogP contribution in [0.15, 0.2) is 54.6 Å². The highest BCUT2D eigenvalue weighted by Gasteiger charge is 2.05. The second-order valence-corrected chi connectivity index (χ2v) is 4.65. The molecule has 0 aliphatic heterocycles. The molecule has 0 aliphatic rings. The van der Waals surface area contributed by atoms with Gasteiger partial charge in [0, 0.05) is 17.3 Å². The molecule has 114 valence electrons. The number of hydrogen-bond acceptors (Lipinski definition) is 3. The molecule has 4 heteroatoms. The van der Waals surface area contributed by atoms with Crippen molar-refractivity contribution < 1.29 is 14.6 Å². The maximum Gasteiger partial charge on any atom is 0.248 e. The number of rotatable bonds is 6. The largest absolute Gasteiger partial charge is 0.494 e. The monoisotopic (exact) mass is 297 g/mol. The van der Waals surface area contributed by atoms with E-state index in [4.69, 9.17) is 4.74 Å². The van der Waals surface area contributed by atoms with Gasteiger partial charge in [0.1, 0.15) is 5.75 Å². The third-order valence-corrected chi connectivity index (χ3v) is 3.02. The minimum absolute atomic E-state index is 0.140. The molecule has 4 nitrogen and oxygen atoms in total. The zero-order chi connectivity index (χ0) is 15.8. The van der Waals surface area contributed by atoms with Crippen LogP contribution in [0.3, 0.4) is 0 Å². The van der Waals surface area contributed by atoms with Crippen LogP contribution in [0.1, 0.15) is 18.1 Å². The highest BCUT2D eigenvalue weighted by atomic mass is 16.5. The Bertz CT molecular complexity index is 651. The molecule has 1 amide bonds. The van der Waals surface area contributed by atoms with Crippen molar-refractivity contribution >= 4 is 17.7 Å². The molecule has 0 fully saturated rings. The lowest BCUT2D eigenvalue weighted by Gasteiger charge is -2.10. The number of carbonyl (C=O) groups excluding carboxylic acids is 1. The second kappa shape index (κ2) is 8.00. The van der Waals surface area contributed by atoms with Gasteiger partial charge in [-0.1, -0.05) is 30.3 Å². The van der Waals surface area contributed by atoms with E-state index in [1.165, 1.54) is 6.08 Å². The van der Waals surface area contributed by atoms with Gasteiger partial charge in [0.2, 0.25) is 5.91 Å². The Morgan fingerprint density at radius 1 is 1.23 bits per heavy atom. The third-order valence-electron chi connectivity index (χ3n) is 3.02. The molecule has 0 bridgehead atoms. The molecule has 0 aliphatic carbocycles. The predicted molar refractivity (Wildman–Crippen MR) is 87.6 cm³/mol. The fourth-order valence-electron chi connectivity index (χ4n) is 2.00. The highest BCUT2D eigenvalue weighted by molar-refractivity contribution is 6.02. The number of aliphatic hydroxyl groups excluding tert-OH is 1. The van der Waals surface area contributed by atoms with Crippen molar-refractivity contribution in [2.75, 3.05) is 11.9 Å². The van der Waals surface area contributed by atoms with Crippen LogP contribution in [0.4, 0.5) is 5.69 Å². The van der Waals surface area contributed by atoms with Crippen molar-refractivity contribution in [1.82, 2.24) is 0 Å². The standard InChI is InChI=1S/C18H19NO3/c1-2-22-17-10-9-16(12-15(17)13-20)19-18(21)11-8-14-6-4-3-5-7-14/h3-12,20H,2,13H2,1H3,(H,19,21)/b11-8+. The summed E-state index contributed by atoms with van der Waals surface area (Å²) in [5, 5.41) is 12.1. The summed E-state index contributed by atoms with van der Waals surface area (Å²) < 4.78 is 5.41. The summed E-state index contributed by atoms with van der Waals surface area (Å²) in [5.41, 5.74) is 2.22. The van der Waals surface area contributed by atoms with Crippen LogP contribution in [0, 0.1) is 0 Å². The molecule has 0 atom stereocenters. The van der Waals surface area contributed by atoms with Gasteiger partial charge in [-0.2, -0.15) is 0 Å². The van der Waals surface area contributed by atoms with Crippen LogP contribution in [-0.4, -0.2) is 17.6 Å². The Hall–Kier alpha value is -2.59. The topological polar surface area (TPSA) is 58.6 Å². The van der Waals surface area contributed by atoms with E-state index in [9.17, 15) is 9.90 Å². The van der Waals surface area contributed by atoms with Gasteiger partial charge in [0.05, 0.1) is 13.2 Å². The number of hydrogen-bond donors (Lipinski definition) is 2. The smallest absolute Gasteiger partial charge is 0.248 e. The summed E-state index contributed by atoms with van der Waals surface area (Å²) in [4.78, 5) is 11.9. The lowest BCUT2D eigenvalue weighted by Crippen LogP contribution is -2.08. The van der Waals surface area contributed by atoms with Crippen molar-refractivity contribution in [2.24, 2.45) is 0 Å². The first-order valence-electron chi connectivity index (χ1n) is 7.13. The molecule has 0 aromatic heterocycles. The fraction of sp³-hybridized carbons (Fsp3) is 0.167. The Labute approximate surface area is 130 Å². The molecule has 0 spiro atoms. The number of anilines is 1. The normalized spacial score (nSPS) is 10.6. The molecule has 2 aromatic rings. The lowest BCUT2D eigenvalue weighted by atomic mass is 10.2. The predicted octanol–water partition coefficient (Wildman–Crippen LogP) is 3.23. The van der Waals surface area contributed by atoms with Crippen molar-refractivity contribution in [2.45, 2.75) is 13.5 Å². The zero-order valence-electron chi connectivity index (χ0n) is 12.5. The van der Waals surface area contributed by atoms with Crippen LogP contribution < -0.4 is 10.1 Å². The van der Waals surface area contributed by atoms with Gasteiger partial charge in [-0.05, 0) is 36.8 Å². The Morgan fingerprint density at radius 2 is 2.00 bits per heavy atom. The Balaban J connectivity index is 2.04. The van der Waals surface area contributed by atoms with E-state index in [1.54, 1.807) is 24.3 Å². The molecule has 22 heavy (non-hydrogen) atoms. The van der Waals surface area contributed by atoms with Gasteiger partial charge in [-0.3, -0.25) is 4.79 Å². The third kappa shape index (κ3) is 4.46. The van der Waals surface area contributed by atoms with E-state index in [0.29, 0.717) is 23.6 Å². The van der Waals surface area contributed by atoms with E-state index in [-0.39, 0.29) is 12.5 Å². The van der Waals surface area contributed by atoms with Crippen LogP contribution >= 0.6 is 0 Å². The first-order chi connectivity index (χ1) is 10.7. The maximum atomic E-state index is 11.9. The summed E-state index contributed by atoms with van der Waals surface area (Å²) in [6.45, 7) is 2.27. The van der Waals surface area contributed by atoms with Crippen LogP contribution in [0.2, 0.25) is 0 Å². The fourth-order valence-corrected chi connectivity index (χ4v) is 2.00. The lowest BCUT2D eigenvalue weighted by molar-refractivity contribution is -0.111. The van der Waals surface area contributed by atoms with E-state index in [1.807, 2.05) is 37.3 Å². The van der Waals surface area contributed by atoms with Gasteiger partial charge in [0.15, 0.2) is 0 Å². The number of carbonyl (C=O) groups is 1. The van der Waals surface area contributed by atoms with Gasteiger partial charge >= 0.3 is 0 Å². The first kappa shape index (κ1) is 15.8.